The summed E-state index contributed by atoms with van der Waals surface area (Å²) in [6.07, 6.45) is 1.68. The van der Waals surface area contributed by atoms with Gasteiger partial charge in [0, 0.05) is 22.5 Å². The molecular formula is C14H15ClN2OS. The summed E-state index contributed by atoms with van der Waals surface area (Å²) in [4.78, 5) is 5.05. The Hall–Kier alpha value is -1.39. The van der Waals surface area contributed by atoms with Crippen molar-refractivity contribution in [1.82, 2.24) is 4.98 Å². The molecule has 0 aliphatic rings. The zero-order valence-electron chi connectivity index (χ0n) is 10.6. The van der Waals surface area contributed by atoms with E-state index in [1.165, 1.54) is 0 Å². The lowest BCUT2D eigenvalue weighted by Gasteiger charge is -2.09. The van der Waals surface area contributed by atoms with Crippen LogP contribution in [-0.2, 0) is 5.75 Å². The number of aromatic nitrogens is 1. The van der Waals surface area contributed by atoms with Gasteiger partial charge in [-0.3, -0.25) is 0 Å². The molecule has 0 saturated carbocycles. The van der Waals surface area contributed by atoms with Crippen molar-refractivity contribution in [3.05, 3.63) is 47.2 Å². The standard InChI is InChI=1S/C14H15ClN2OS/c1-2-18-11-5-6-12(16)13(8-11)19-9-10-4-3-7-17-14(10)15/h3-8H,2,9,16H2,1H3. The van der Waals surface area contributed by atoms with E-state index in [-0.39, 0.29) is 0 Å². The van der Waals surface area contributed by atoms with Crippen LogP contribution in [0, 0.1) is 0 Å². The number of nitrogens with two attached hydrogens (primary N) is 1. The maximum absolute atomic E-state index is 6.03. The highest BCUT2D eigenvalue weighted by Crippen LogP contribution is 2.32. The Bertz CT molecular complexity index is 563. The smallest absolute Gasteiger partial charge is 0.133 e. The fourth-order valence-electron chi connectivity index (χ4n) is 1.58. The van der Waals surface area contributed by atoms with Crippen molar-refractivity contribution in [1.29, 1.82) is 0 Å². The molecule has 0 saturated heterocycles. The summed E-state index contributed by atoms with van der Waals surface area (Å²) in [6, 6.07) is 9.53. The molecule has 0 spiro atoms. The van der Waals surface area contributed by atoms with Gasteiger partial charge in [-0.15, -0.1) is 11.8 Å². The van der Waals surface area contributed by atoms with Crippen molar-refractivity contribution in [3.63, 3.8) is 0 Å². The molecule has 0 atom stereocenters. The number of ether oxygens (including phenoxy) is 1. The van der Waals surface area contributed by atoms with Gasteiger partial charge in [-0.1, -0.05) is 17.7 Å². The zero-order valence-corrected chi connectivity index (χ0v) is 12.2. The molecule has 19 heavy (non-hydrogen) atoms. The molecule has 1 heterocycles. The Kier molecular flexibility index (Phi) is 4.93. The van der Waals surface area contributed by atoms with E-state index in [1.807, 2.05) is 37.3 Å². The van der Waals surface area contributed by atoms with E-state index >= 15 is 0 Å². The molecule has 2 rings (SSSR count). The minimum absolute atomic E-state index is 0.537. The van der Waals surface area contributed by atoms with Crippen molar-refractivity contribution >= 4 is 29.1 Å². The number of halogens is 1. The van der Waals surface area contributed by atoms with Crippen LogP contribution < -0.4 is 10.5 Å². The van der Waals surface area contributed by atoms with Gasteiger partial charge in [0.2, 0.25) is 0 Å². The number of hydrogen-bond donors (Lipinski definition) is 1. The molecule has 0 amide bonds. The predicted octanol–water partition coefficient (Wildman–Crippen LogP) is 4.01. The fourth-order valence-corrected chi connectivity index (χ4v) is 2.82. The third kappa shape index (κ3) is 3.78. The minimum Gasteiger partial charge on any atom is -0.494 e. The molecule has 2 aromatic rings. The van der Waals surface area contributed by atoms with Crippen molar-refractivity contribution < 1.29 is 4.74 Å². The third-order valence-corrected chi connectivity index (χ3v) is 3.98. The summed E-state index contributed by atoms with van der Waals surface area (Å²) in [5.41, 5.74) is 7.70. The van der Waals surface area contributed by atoms with Crippen molar-refractivity contribution in [2.24, 2.45) is 0 Å². The van der Waals surface area contributed by atoms with E-state index in [2.05, 4.69) is 4.98 Å². The summed E-state index contributed by atoms with van der Waals surface area (Å²) in [5.74, 6) is 1.56. The maximum Gasteiger partial charge on any atom is 0.133 e. The Labute approximate surface area is 122 Å². The lowest BCUT2D eigenvalue weighted by molar-refractivity contribution is 0.339. The summed E-state index contributed by atoms with van der Waals surface area (Å²) in [5, 5.41) is 0.537. The van der Waals surface area contributed by atoms with E-state index in [0.29, 0.717) is 11.8 Å². The third-order valence-electron chi connectivity index (χ3n) is 2.52. The minimum atomic E-state index is 0.537. The van der Waals surface area contributed by atoms with Gasteiger partial charge in [-0.05, 0) is 36.8 Å². The lowest BCUT2D eigenvalue weighted by atomic mass is 10.3. The van der Waals surface area contributed by atoms with Crippen LogP contribution in [0.4, 0.5) is 5.69 Å². The highest BCUT2D eigenvalue weighted by Gasteiger charge is 2.06. The van der Waals surface area contributed by atoms with Gasteiger partial charge in [0.05, 0.1) is 6.61 Å². The van der Waals surface area contributed by atoms with Crippen LogP contribution in [0.3, 0.4) is 0 Å². The van der Waals surface area contributed by atoms with E-state index in [9.17, 15) is 0 Å². The average Bonchev–Trinajstić information content (AvgIpc) is 2.41. The van der Waals surface area contributed by atoms with Crippen LogP contribution in [0.2, 0.25) is 5.15 Å². The van der Waals surface area contributed by atoms with Gasteiger partial charge in [0.1, 0.15) is 10.9 Å². The maximum atomic E-state index is 6.03. The second-order valence-electron chi connectivity index (χ2n) is 3.87. The van der Waals surface area contributed by atoms with Crippen LogP contribution in [0.1, 0.15) is 12.5 Å². The van der Waals surface area contributed by atoms with E-state index in [0.717, 1.165) is 27.6 Å². The zero-order chi connectivity index (χ0) is 13.7. The second-order valence-corrected chi connectivity index (χ2v) is 5.25. The molecule has 0 fully saturated rings. The number of rotatable bonds is 5. The molecule has 3 nitrogen and oxygen atoms in total. The predicted molar refractivity (Wildman–Crippen MR) is 80.8 cm³/mol. The molecule has 5 heteroatoms. The number of nitrogens with zero attached hydrogens (tertiary/aromatic N) is 1. The molecule has 2 N–H and O–H groups in total. The van der Waals surface area contributed by atoms with Crippen LogP contribution >= 0.6 is 23.4 Å². The largest absolute Gasteiger partial charge is 0.494 e. The Morgan fingerprint density at radius 3 is 2.95 bits per heavy atom. The summed E-state index contributed by atoms with van der Waals surface area (Å²) in [6.45, 7) is 2.60. The Morgan fingerprint density at radius 2 is 2.21 bits per heavy atom. The normalized spacial score (nSPS) is 10.4. The number of nitrogen functional groups attached to an aromatic ring is 1. The Balaban J connectivity index is 2.10. The van der Waals surface area contributed by atoms with E-state index < -0.39 is 0 Å². The number of hydrogen-bond acceptors (Lipinski definition) is 4. The molecule has 0 aliphatic heterocycles. The molecule has 0 aliphatic carbocycles. The highest BCUT2D eigenvalue weighted by molar-refractivity contribution is 7.98. The van der Waals surface area contributed by atoms with Gasteiger partial charge in [-0.2, -0.15) is 0 Å². The average molecular weight is 295 g/mol. The number of anilines is 1. The topological polar surface area (TPSA) is 48.1 Å². The monoisotopic (exact) mass is 294 g/mol. The van der Waals surface area contributed by atoms with Crippen LogP contribution in [0.25, 0.3) is 0 Å². The highest BCUT2D eigenvalue weighted by atomic mass is 35.5. The Morgan fingerprint density at radius 1 is 1.37 bits per heavy atom. The quantitative estimate of drug-likeness (QED) is 0.514. The summed E-state index contributed by atoms with van der Waals surface area (Å²) < 4.78 is 5.47. The van der Waals surface area contributed by atoms with Gasteiger partial charge in [-0.25, -0.2) is 4.98 Å². The first kappa shape index (κ1) is 14.0. The van der Waals surface area contributed by atoms with Crippen LogP contribution in [-0.4, -0.2) is 11.6 Å². The van der Waals surface area contributed by atoms with Crippen LogP contribution in [0.5, 0.6) is 5.75 Å². The first-order valence-electron chi connectivity index (χ1n) is 5.95. The van der Waals surface area contributed by atoms with Crippen LogP contribution in [0.15, 0.2) is 41.4 Å². The van der Waals surface area contributed by atoms with E-state index in [4.69, 9.17) is 22.1 Å². The molecule has 1 aromatic heterocycles. The van der Waals surface area contributed by atoms with Gasteiger partial charge < -0.3 is 10.5 Å². The first-order valence-corrected chi connectivity index (χ1v) is 7.31. The molecular weight excluding hydrogens is 280 g/mol. The van der Waals surface area contributed by atoms with Crippen molar-refractivity contribution in [3.8, 4) is 5.75 Å². The molecule has 0 radical (unpaired) electrons. The van der Waals surface area contributed by atoms with Gasteiger partial charge >= 0.3 is 0 Å². The summed E-state index contributed by atoms with van der Waals surface area (Å²) in [7, 11) is 0. The number of thioether (sulfide) groups is 1. The number of benzene rings is 1. The SMILES string of the molecule is CCOc1ccc(N)c(SCc2cccnc2Cl)c1. The van der Waals surface area contributed by atoms with Crippen molar-refractivity contribution in [2.45, 2.75) is 17.6 Å². The summed E-state index contributed by atoms with van der Waals surface area (Å²) >= 11 is 7.66. The van der Waals surface area contributed by atoms with Gasteiger partial charge in [0.25, 0.3) is 0 Å². The second kappa shape index (κ2) is 6.68. The number of pyridine rings is 1. The lowest BCUT2D eigenvalue weighted by Crippen LogP contribution is -1.94. The molecule has 0 unspecified atom stereocenters. The molecule has 1 aromatic carbocycles. The van der Waals surface area contributed by atoms with E-state index in [1.54, 1.807) is 18.0 Å². The van der Waals surface area contributed by atoms with Gasteiger partial charge in [0.15, 0.2) is 0 Å². The van der Waals surface area contributed by atoms with Crippen molar-refractivity contribution in [2.75, 3.05) is 12.3 Å². The molecule has 100 valence electrons. The first-order chi connectivity index (χ1) is 9.20. The fraction of sp³-hybridized carbons (Fsp3) is 0.214. The molecule has 0 bridgehead atoms.